The minimum absolute atomic E-state index is 0.315. The average molecular weight is 262 g/mol. The summed E-state index contributed by atoms with van der Waals surface area (Å²) in [6, 6.07) is 6.54. The highest BCUT2D eigenvalue weighted by Gasteiger charge is 2.20. The van der Waals surface area contributed by atoms with Crippen molar-refractivity contribution in [3.8, 4) is 6.07 Å². The Hall–Kier alpha value is -1.44. The summed E-state index contributed by atoms with van der Waals surface area (Å²) in [7, 11) is 1.94. The monoisotopic (exact) mass is 262 g/mol. The molecule has 0 spiro atoms. The van der Waals surface area contributed by atoms with Gasteiger partial charge in [0.2, 0.25) is 0 Å². The highest BCUT2D eigenvalue weighted by molar-refractivity contribution is 5.32. The number of hydrogen-bond donors (Lipinski definition) is 0. The topological polar surface area (TPSA) is 36.3 Å². The lowest BCUT2D eigenvalue weighted by Gasteiger charge is -2.17. The second-order valence-electron chi connectivity index (χ2n) is 5.17. The Morgan fingerprint density at radius 2 is 2.26 bits per heavy atom. The Labute approximate surface area is 113 Å². The van der Waals surface area contributed by atoms with Crippen molar-refractivity contribution in [1.29, 1.82) is 5.26 Å². The van der Waals surface area contributed by atoms with E-state index < -0.39 is 0 Å². The average Bonchev–Trinajstić information content (AvgIpc) is 3.21. The molecular formula is C15H19FN2O. The van der Waals surface area contributed by atoms with Crippen LogP contribution in [-0.2, 0) is 11.3 Å². The maximum Gasteiger partial charge on any atom is 0.129 e. The predicted molar refractivity (Wildman–Crippen MR) is 71.0 cm³/mol. The Bertz CT molecular complexity index is 466. The molecule has 0 aliphatic heterocycles. The maximum atomic E-state index is 13.7. The Kier molecular flexibility index (Phi) is 4.89. The smallest absolute Gasteiger partial charge is 0.129 e. The molecule has 0 unspecified atom stereocenters. The molecule has 1 aromatic carbocycles. The SMILES string of the molecule is CN(CCOCC1CC1)Cc1ccc(C#N)cc1F. The van der Waals surface area contributed by atoms with E-state index >= 15 is 0 Å². The van der Waals surface area contributed by atoms with Crippen LogP contribution in [0.4, 0.5) is 4.39 Å². The van der Waals surface area contributed by atoms with Gasteiger partial charge in [0.15, 0.2) is 0 Å². The van der Waals surface area contributed by atoms with Gasteiger partial charge in [0.25, 0.3) is 0 Å². The van der Waals surface area contributed by atoms with Crippen molar-refractivity contribution >= 4 is 0 Å². The molecule has 102 valence electrons. The zero-order valence-corrected chi connectivity index (χ0v) is 11.2. The van der Waals surface area contributed by atoms with Gasteiger partial charge in [-0.1, -0.05) is 6.07 Å². The van der Waals surface area contributed by atoms with Gasteiger partial charge >= 0.3 is 0 Å². The molecule has 1 aromatic rings. The molecule has 4 heteroatoms. The third kappa shape index (κ3) is 4.62. The minimum Gasteiger partial charge on any atom is -0.380 e. The standard InChI is InChI=1S/C15H19FN2O/c1-18(6-7-19-11-12-2-3-12)10-14-5-4-13(9-17)8-15(14)16/h4-5,8,12H,2-3,6-7,10-11H2,1H3. The Morgan fingerprint density at radius 1 is 1.47 bits per heavy atom. The number of hydrogen-bond acceptors (Lipinski definition) is 3. The molecule has 0 aromatic heterocycles. The first kappa shape index (κ1) is 14.0. The molecule has 1 fully saturated rings. The number of rotatable bonds is 7. The Balaban J connectivity index is 1.74. The van der Waals surface area contributed by atoms with Gasteiger partial charge in [0.05, 0.1) is 18.2 Å². The van der Waals surface area contributed by atoms with E-state index in [9.17, 15) is 4.39 Å². The van der Waals surface area contributed by atoms with Crippen LogP contribution in [0.1, 0.15) is 24.0 Å². The van der Waals surface area contributed by atoms with Crippen molar-refractivity contribution in [2.24, 2.45) is 5.92 Å². The van der Waals surface area contributed by atoms with Crippen LogP contribution in [0.15, 0.2) is 18.2 Å². The molecule has 3 nitrogen and oxygen atoms in total. The second-order valence-corrected chi connectivity index (χ2v) is 5.17. The molecule has 1 aliphatic rings. The summed E-state index contributed by atoms with van der Waals surface area (Å²) in [5.41, 5.74) is 0.973. The first-order valence-corrected chi connectivity index (χ1v) is 6.64. The molecule has 0 amide bonds. The summed E-state index contributed by atoms with van der Waals surface area (Å²) in [5.74, 6) is 0.464. The fraction of sp³-hybridized carbons (Fsp3) is 0.533. The second kappa shape index (κ2) is 6.65. The van der Waals surface area contributed by atoms with E-state index in [2.05, 4.69) is 0 Å². The van der Waals surface area contributed by atoms with Gasteiger partial charge in [-0.2, -0.15) is 5.26 Å². The van der Waals surface area contributed by atoms with Crippen LogP contribution in [0.5, 0.6) is 0 Å². The van der Waals surface area contributed by atoms with E-state index in [4.69, 9.17) is 10.00 Å². The van der Waals surface area contributed by atoms with Crippen molar-refractivity contribution in [1.82, 2.24) is 4.90 Å². The van der Waals surface area contributed by atoms with Gasteiger partial charge < -0.3 is 4.74 Å². The third-order valence-electron chi connectivity index (χ3n) is 3.29. The van der Waals surface area contributed by atoms with Crippen molar-refractivity contribution in [3.63, 3.8) is 0 Å². The molecular weight excluding hydrogens is 243 g/mol. The molecule has 0 atom stereocenters. The third-order valence-corrected chi connectivity index (χ3v) is 3.29. The van der Waals surface area contributed by atoms with Crippen molar-refractivity contribution < 1.29 is 9.13 Å². The molecule has 0 bridgehead atoms. The molecule has 19 heavy (non-hydrogen) atoms. The lowest BCUT2D eigenvalue weighted by atomic mass is 10.1. The van der Waals surface area contributed by atoms with E-state index in [1.165, 1.54) is 18.9 Å². The Morgan fingerprint density at radius 3 is 2.89 bits per heavy atom. The molecule has 0 N–H and O–H groups in total. The van der Waals surface area contributed by atoms with Crippen LogP contribution >= 0.6 is 0 Å². The zero-order valence-electron chi connectivity index (χ0n) is 11.2. The maximum absolute atomic E-state index is 13.7. The summed E-state index contributed by atoms with van der Waals surface area (Å²) in [6.45, 7) is 2.86. The fourth-order valence-electron chi connectivity index (χ4n) is 1.87. The van der Waals surface area contributed by atoms with E-state index in [1.807, 2.05) is 18.0 Å². The molecule has 0 radical (unpaired) electrons. The highest BCUT2D eigenvalue weighted by Crippen LogP contribution is 2.28. The largest absolute Gasteiger partial charge is 0.380 e. The van der Waals surface area contributed by atoms with E-state index in [-0.39, 0.29) is 5.82 Å². The van der Waals surface area contributed by atoms with Crippen LogP contribution in [0.3, 0.4) is 0 Å². The van der Waals surface area contributed by atoms with Gasteiger partial charge in [-0.15, -0.1) is 0 Å². The molecule has 1 saturated carbocycles. The molecule has 0 saturated heterocycles. The van der Waals surface area contributed by atoms with Crippen molar-refractivity contribution in [3.05, 3.63) is 35.1 Å². The normalized spacial score (nSPS) is 14.6. The van der Waals surface area contributed by atoms with Crippen LogP contribution < -0.4 is 0 Å². The van der Waals surface area contributed by atoms with E-state index in [0.717, 1.165) is 19.1 Å². The van der Waals surface area contributed by atoms with Crippen LogP contribution in [0.2, 0.25) is 0 Å². The molecule has 0 heterocycles. The number of benzene rings is 1. The minimum atomic E-state index is -0.315. The first-order chi connectivity index (χ1) is 9.19. The quantitative estimate of drug-likeness (QED) is 0.709. The lowest BCUT2D eigenvalue weighted by Crippen LogP contribution is -2.23. The van der Waals surface area contributed by atoms with E-state index in [0.29, 0.717) is 24.3 Å². The van der Waals surface area contributed by atoms with Gasteiger partial charge in [0, 0.05) is 25.3 Å². The summed E-state index contributed by atoms with van der Waals surface area (Å²) >= 11 is 0. The number of likely N-dealkylation sites (N-methyl/N-ethyl adjacent to an activating group) is 1. The number of nitriles is 1. The fourth-order valence-corrected chi connectivity index (χ4v) is 1.87. The lowest BCUT2D eigenvalue weighted by molar-refractivity contribution is 0.101. The molecule has 1 aliphatic carbocycles. The molecule has 2 rings (SSSR count). The van der Waals surface area contributed by atoms with Gasteiger partial charge in [-0.25, -0.2) is 4.39 Å². The van der Waals surface area contributed by atoms with Crippen molar-refractivity contribution in [2.45, 2.75) is 19.4 Å². The van der Waals surface area contributed by atoms with Crippen molar-refractivity contribution in [2.75, 3.05) is 26.8 Å². The van der Waals surface area contributed by atoms with Gasteiger partial charge in [0.1, 0.15) is 5.82 Å². The highest BCUT2D eigenvalue weighted by atomic mass is 19.1. The van der Waals surface area contributed by atoms with Gasteiger partial charge in [-0.3, -0.25) is 4.90 Å². The van der Waals surface area contributed by atoms with Crippen LogP contribution in [0.25, 0.3) is 0 Å². The van der Waals surface area contributed by atoms with Crippen LogP contribution in [-0.4, -0.2) is 31.7 Å². The summed E-state index contributed by atoms with van der Waals surface area (Å²) in [6.07, 6.45) is 2.60. The first-order valence-electron chi connectivity index (χ1n) is 6.64. The number of halogens is 1. The zero-order chi connectivity index (χ0) is 13.7. The number of ether oxygens (including phenoxy) is 1. The van der Waals surface area contributed by atoms with E-state index in [1.54, 1.807) is 12.1 Å². The summed E-state index contributed by atoms with van der Waals surface area (Å²) < 4.78 is 19.2. The van der Waals surface area contributed by atoms with Crippen LogP contribution in [0, 0.1) is 23.1 Å². The summed E-state index contributed by atoms with van der Waals surface area (Å²) in [4.78, 5) is 2.03. The van der Waals surface area contributed by atoms with Gasteiger partial charge in [-0.05, 0) is 37.9 Å². The summed E-state index contributed by atoms with van der Waals surface area (Å²) in [5, 5.41) is 8.68. The predicted octanol–water partition coefficient (Wildman–Crippen LogP) is 2.56. The number of nitrogens with zero attached hydrogens (tertiary/aromatic N) is 2.